The number of rotatable bonds is 6. The second kappa shape index (κ2) is 5.69. The van der Waals surface area contributed by atoms with Gasteiger partial charge in [0.1, 0.15) is 0 Å². The Kier molecular flexibility index (Phi) is 4.85. The minimum Gasteiger partial charge on any atom is -0.396 e. The number of nitrogens with one attached hydrogen (secondary N) is 1. The number of aliphatic hydroxyl groups is 1. The van der Waals surface area contributed by atoms with Crippen molar-refractivity contribution in [3.8, 4) is 0 Å². The van der Waals surface area contributed by atoms with Crippen LogP contribution in [0.3, 0.4) is 0 Å². The Morgan fingerprint density at radius 3 is 2.79 bits per heavy atom. The van der Waals surface area contributed by atoms with Gasteiger partial charge < -0.3 is 16.2 Å². The van der Waals surface area contributed by atoms with Gasteiger partial charge in [-0.15, -0.1) is 0 Å². The number of aliphatic hydroxyl groups excluding tert-OH is 1. The molecule has 2 atom stereocenters. The first-order valence-corrected chi connectivity index (χ1v) is 5.78. The molecule has 1 aliphatic carbocycles. The molecular weight excluding hydrogens is 176 g/mol. The highest BCUT2D eigenvalue weighted by Crippen LogP contribution is 2.33. The van der Waals surface area contributed by atoms with Gasteiger partial charge in [0.15, 0.2) is 0 Å². The van der Waals surface area contributed by atoms with Crippen LogP contribution in [0.2, 0.25) is 0 Å². The summed E-state index contributed by atoms with van der Waals surface area (Å²) in [4.78, 5) is 0. The van der Waals surface area contributed by atoms with Crippen molar-refractivity contribution >= 4 is 0 Å². The van der Waals surface area contributed by atoms with E-state index in [-0.39, 0.29) is 5.54 Å². The average Bonchev–Trinajstić information content (AvgIpc) is 2.56. The molecule has 4 N–H and O–H groups in total. The van der Waals surface area contributed by atoms with Crippen molar-refractivity contribution in [2.75, 3.05) is 19.7 Å². The van der Waals surface area contributed by atoms with Gasteiger partial charge in [0.2, 0.25) is 0 Å². The maximum Gasteiger partial charge on any atom is 0.0431 e. The molecule has 84 valence electrons. The molecular formula is C11H24N2O. The summed E-state index contributed by atoms with van der Waals surface area (Å²) in [6, 6.07) is 0. The van der Waals surface area contributed by atoms with E-state index >= 15 is 0 Å². The summed E-state index contributed by atoms with van der Waals surface area (Å²) in [5.41, 5.74) is 6.04. The maximum absolute atomic E-state index is 8.67. The van der Waals surface area contributed by atoms with Crippen LogP contribution in [0.5, 0.6) is 0 Å². The monoisotopic (exact) mass is 200 g/mol. The SMILES string of the molecule is CC1CCC(CN)(NCCCCO)C1. The quantitative estimate of drug-likeness (QED) is 0.558. The van der Waals surface area contributed by atoms with Crippen molar-refractivity contribution in [2.24, 2.45) is 11.7 Å². The van der Waals surface area contributed by atoms with Crippen LogP contribution >= 0.6 is 0 Å². The van der Waals surface area contributed by atoms with Crippen molar-refractivity contribution in [2.45, 2.75) is 44.6 Å². The zero-order valence-electron chi connectivity index (χ0n) is 9.26. The van der Waals surface area contributed by atoms with Crippen LogP contribution in [0.15, 0.2) is 0 Å². The van der Waals surface area contributed by atoms with Gasteiger partial charge in [-0.2, -0.15) is 0 Å². The lowest BCUT2D eigenvalue weighted by atomic mass is 9.96. The molecule has 0 aliphatic heterocycles. The van der Waals surface area contributed by atoms with Crippen molar-refractivity contribution < 1.29 is 5.11 Å². The van der Waals surface area contributed by atoms with Crippen molar-refractivity contribution in [3.05, 3.63) is 0 Å². The van der Waals surface area contributed by atoms with Crippen LogP contribution in [0, 0.1) is 5.92 Å². The minimum atomic E-state index is 0.203. The van der Waals surface area contributed by atoms with Crippen LogP contribution in [0.25, 0.3) is 0 Å². The predicted octanol–water partition coefficient (Wildman–Crippen LogP) is 0.866. The summed E-state index contributed by atoms with van der Waals surface area (Å²) in [5.74, 6) is 0.809. The standard InChI is InChI=1S/C11H24N2O/c1-10-4-5-11(8-10,9-12)13-6-2-3-7-14/h10,13-14H,2-9,12H2,1H3. The molecule has 3 heteroatoms. The summed E-state index contributed by atoms with van der Waals surface area (Å²) < 4.78 is 0. The first-order chi connectivity index (χ1) is 6.72. The Morgan fingerprint density at radius 1 is 1.50 bits per heavy atom. The molecule has 1 rings (SSSR count). The second-order valence-electron chi connectivity index (χ2n) is 4.69. The molecule has 1 fully saturated rings. The highest BCUT2D eigenvalue weighted by Gasteiger charge is 2.35. The lowest BCUT2D eigenvalue weighted by molar-refractivity contribution is 0.274. The summed E-state index contributed by atoms with van der Waals surface area (Å²) in [5, 5.41) is 12.2. The third-order valence-electron chi connectivity index (χ3n) is 3.33. The Labute approximate surface area is 87.1 Å². The van der Waals surface area contributed by atoms with Crippen LogP contribution in [-0.2, 0) is 0 Å². The van der Waals surface area contributed by atoms with Crippen LogP contribution in [-0.4, -0.2) is 30.3 Å². The summed E-state index contributed by atoms with van der Waals surface area (Å²) in [6.45, 7) is 4.33. The smallest absolute Gasteiger partial charge is 0.0431 e. The lowest BCUT2D eigenvalue weighted by Crippen LogP contribution is -2.49. The zero-order valence-corrected chi connectivity index (χ0v) is 9.26. The molecule has 2 unspecified atom stereocenters. The second-order valence-corrected chi connectivity index (χ2v) is 4.69. The van der Waals surface area contributed by atoms with E-state index in [0.717, 1.165) is 31.8 Å². The van der Waals surface area contributed by atoms with Gasteiger partial charge in [-0.25, -0.2) is 0 Å². The fraction of sp³-hybridized carbons (Fsp3) is 1.00. The van der Waals surface area contributed by atoms with E-state index < -0.39 is 0 Å². The van der Waals surface area contributed by atoms with E-state index in [1.54, 1.807) is 0 Å². The van der Waals surface area contributed by atoms with E-state index in [4.69, 9.17) is 10.8 Å². The van der Waals surface area contributed by atoms with Gasteiger partial charge in [0, 0.05) is 18.7 Å². The number of hydrogen-bond acceptors (Lipinski definition) is 3. The third kappa shape index (κ3) is 3.23. The van der Waals surface area contributed by atoms with Crippen LogP contribution in [0.4, 0.5) is 0 Å². The zero-order chi connectivity index (χ0) is 10.4. The number of nitrogens with two attached hydrogens (primary N) is 1. The predicted molar refractivity (Wildman–Crippen MR) is 59.1 cm³/mol. The van der Waals surface area contributed by atoms with Gasteiger partial charge in [-0.05, 0) is 44.6 Å². The number of unbranched alkanes of at least 4 members (excludes halogenated alkanes) is 1. The lowest BCUT2D eigenvalue weighted by Gasteiger charge is -2.29. The van der Waals surface area contributed by atoms with Crippen molar-refractivity contribution in [3.63, 3.8) is 0 Å². The van der Waals surface area contributed by atoms with Gasteiger partial charge in [-0.3, -0.25) is 0 Å². The first kappa shape index (κ1) is 12.0. The minimum absolute atomic E-state index is 0.203. The van der Waals surface area contributed by atoms with Gasteiger partial charge >= 0.3 is 0 Å². The highest BCUT2D eigenvalue weighted by atomic mass is 16.2. The molecule has 1 saturated carbocycles. The summed E-state index contributed by atoms with van der Waals surface area (Å²) >= 11 is 0. The topological polar surface area (TPSA) is 58.3 Å². The Balaban J connectivity index is 2.24. The fourth-order valence-electron chi connectivity index (χ4n) is 2.40. The molecule has 0 saturated heterocycles. The molecule has 14 heavy (non-hydrogen) atoms. The fourth-order valence-corrected chi connectivity index (χ4v) is 2.40. The normalized spacial score (nSPS) is 32.4. The van der Waals surface area contributed by atoms with Crippen molar-refractivity contribution in [1.82, 2.24) is 5.32 Å². The summed E-state index contributed by atoms with van der Waals surface area (Å²) in [6.07, 6.45) is 5.66. The van der Waals surface area contributed by atoms with Crippen LogP contribution in [0.1, 0.15) is 39.0 Å². The van der Waals surface area contributed by atoms with E-state index in [2.05, 4.69) is 12.2 Å². The van der Waals surface area contributed by atoms with Crippen LogP contribution < -0.4 is 11.1 Å². The molecule has 0 aromatic heterocycles. The molecule has 0 aromatic carbocycles. The van der Waals surface area contributed by atoms with E-state index in [1.165, 1.54) is 19.3 Å². The largest absolute Gasteiger partial charge is 0.396 e. The first-order valence-electron chi connectivity index (χ1n) is 5.78. The van der Waals surface area contributed by atoms with Gasteiger partial charge in [0.05, 0.1) is 0 Å². The Morgan fingerprint density at radius 2 is 2.29 bits per heavy atom. The van der Waals surface area contributed by atoms with E-state index in [9.17, 15) is 0 Å². The van der Waals surface area contributed by atoms with E-state index in [0.29, 0.717) is 6.61 Å². The molecule has 0 spiro atoms. The average molecular weight is 200 g/mol. The Hall–Kier alpha value is -0.120. The third-order valence-corrected chi connectivity index (χ3v) is 3.33. The summed E-state index contributed by atoms with van der Waals surface area (Å²) in [7, 11) is 0. The highest BCUT2D eigenvalue weighted by molar-refractivity contribution is 4.95. The van der Waals surface area contributed by atoms with E-state index in [1.807, 2.05) is 0 Å². The molecule has 0 heterocycles. The molecule has 1 aliphatic rings. The number of hydrogen-bond donors (Lipinski definition) is 3. The molecule has 0 bridgehead atoms. The van der Waals surface area contributed by atoms with Gasteiger partial charge in [0.25, 0.3) is 0 Å². The molecule has 0 aromatic rings. The maximum atomic E-state index is 8.67. The Bertz CT molecular complexity index is 163. The molecule has 0 radical (unpaired) electrons. The van der Waals surface area contributed by atoms with Crippen molar-refractivity contribution in [1.29, 1.82) is 0 Å². The molecule has 0 amide bonds. The molecule has 3 nitrogen and oxygen atoms in total. The van der Waals surface area contributed by atoms with Gasteiger partial charge in [-0.1, -0.05) is 6.92 Å².